The van der Waals surface area contributed by atoms with E-state index in [0.717, 1.165) is 42.7 Å². The van der Waals surface area contributed by atoms with Crippen LogP contribution in [-0.2, 0) is 12.8 Å². The van der Waals surface area contributed by atoms with Crippen LogP contribution in [0.25, 0.3) is 11.0 Å². The largest absolute Gasteiger partial charge is 0.573 e. The van der Waals surface area contributed by atoms with Crippen molar-refractivity contribution in [2.45, 2.75) is 79.1 Å². The maximum atomic E-state index is 12.5. The SMILES string of the molecule is CCc1ccc2c(nc(Nc3ccc(OC(F)(F)F)cc3)n2[C@@H]2C[C@H](C)CC(C)(C)C2)c1CC. The molecule has 0 saturated heterocycles. The van der Waals surface area contributed by atoms with E-state index in [9.17, 15) is 13.2 Å². The molecular weight excluding hydrogens is 439 g/mol. The van der Waals surface area contributed by atoms with Gasteiger partial charge >= 0.3 is 6.36 Å². The summed E-state index contributed by atoms with van der Waals surface area (Å²) < 4.78 is 44.0. The van der Waals surface area contributed by atoms with Crippen LogP contribution in [-0.4, -0.2) is 15.9 Å². The number of hydrogen-bond acceptors (Lipinski definition) is 3. The number of imidazole rings is 1. The highest BCUT2D eigenvalue weighted by Gasteiger charge is 2.35. The van der Waals surface area contributed by atoms with E-state index in [2.05, 4.69) is 61.4 Å². The van der Waals surface area contributed by atoms with Crippen molar-refractivity contribution in [3.05, 3.63) is 47.5 Å². The zero-order valence-electron chi connectivity index (χ0n) is 20.6. The van der Waals surface area contributed by atoms with Crippen molar-refractivity contribution in [1.29, 1.82) is 0 Å². The van der Waals surface area contributed by atoms with Gasteiger partial charge in [0, 0.05) is 11.7 Å². The molecule has 0 unspecified atom stereocenters. The summed E-state index contributed by atoms with van der Waals surface area (Å²) in [5, 5.41) is 3.40. The fraction of sp³-hybridized carbons (Fsp3) is 0.519. The van der Waals surface area contributed by atoms with Gasteiger partial charge in [0.15, 0.2) is 0 Å². The molecule has 7 heteroatoms. The van der Waals surface area contributed by atoms with Crippen molar-refractivity contribution < 1.29 is 17.9 Å². The predicted molar refractivity (Wildman–Crippen MR) is 131 cm³/mol. The Hall–Kier alpha value is -2.70. The lowest BCUT2D eigenvalue weighted by molar-refractivity contribution is -0.274. The second-order valence-electron chi connectivity index (χ2n) is 10.3. The molecule has 0 aliphatic heterocycles. The van der Waals surface area contributed by atoms with Gasteiger partial charge in [0.2, 0.25) is 5.95 Å². The van der Waals surface area contributed by atoms with E-state index in [1.165, 1.54) is 29.7 Å². The number of nitrogens with one attached hydrogen (secondary N) is 1. The van der Waals surface area contributed by atoms with Crippen LogP contribution in [0.15, 0.2) is 36.4 Å². The number of hydrogen-bond donors (Lipinski definition) is 1. The lowest BCUT2D eigenvalue weighted by atomic mass is 9.70. The Morgan fingerprint density at radius 3 is 2.35 bits per heavy atom. The predicted octanol–water partition coefficient (Wildman–Crippen LogP) is 8.19. The second kappa shape index (κ2) is 9.16. The first-order chi connectivity index (χ1) is 16.0. The Kier molecular flexibility index (Phi) is 6.58. The average Bonchev–Trinajstić information content (AvgIpc) is 3.09. The standard InChI is InChI=1S/C27H34F3N3O/c1-6-18-8-13-23-24(22(18)7-2)32-25(33(23)20-14-17(3)15-26(4,5)16-20)31-19-9-11-21(12-10-19)34-27(28,29)30/h8-13,17,20H,6-7,14-16H2,1-5H3,(H,31,32)/t17-,20+/m0/s1. The van der Waals surface area contributed by atoms with Crippen molar-refractivity contribution >= 4 is 22.7 Å². The van der Waals surface area contributed by atoms with Gasteiger partial charge in [-0.1, -0.05) is 40.7 Å². The minimum Gasteiger partial charge on any atom is -0.406 e. The van der Waals surface area contributed by atoms with Gasteiger partial charge in [-0.05, 0) is 84.9 Å². The van der Waals surface area contributed by atoms with E-state index in [1.807, 2.05) is 0 Å². The molecule has 1 aliphatic rings. The zero-order chi connectivity index (χ0) is 24.7. The van der Waals surface area contributed by atoms with Crippen molar-refractivity contribution in [3.63, 3.8) is 0 Å². The number of alkyl halides is 3. The Morgan fingerprint density at radius 1 is 1.06 bits per heavy atom. The first kappa shape index (κ1) is 24.4. The summed E-state index contributed by atoms with van der Waals surface area (Å²) in [7, 11) is 0. The normalized spacial score (nSPS) is 20.5. The maximum Gasteiger partial charge on any atom is 0.573 e. The number of anilines is 2. The molecule has 1 aliphatic carbocycles. The first-order valence-corrected chi connectivity index (χ1v) is 12.1. The van der Waals surface area contributed by atoms with E-state index in [4.69, 9.17) is 4.98 Å². The van der Waals surface area contributed by atoms with Gasteiger partial charge in [0.05, 0.1) is 11.0 Å². The molecule has 0 radical (unpaired) electrons. The minimum atomic E-state index is -4.71. The van der Waals surface area contributed by atoms with Gasteiger partial charge in [-0.2, -0.15) is 0 Å². The van der Waals surface area contributed by atoms with Gasteiger partial charge in [-0.15, -0.1) is 13.2 Å². The van der Waals surface area contributed by atoms with Gasteiger partial charge < -0.3 is 14.6 Å². The van der Waals surface area contributed by atoms with E-state index in [0.29, 0.717) is 11.6 Å². The minimum absolute atomic E-state index is 0.226. The number of halogens is 3. The molecule has 2 atom stereocenters. The molecule has 184 valence electrons. The molecule has 1 fully saturated rings. The van der Waals surface area contributed by atoms with Crippen molar-refractivity contribution in [2.75, 3.05) is 5.32 Å². The van der Waals surface area contributed by atoms with Crippen molar-refractivity contribution in [3.8, 4) is 5.75 Å². The molecular formula is C27H34F3N3O. The van der Waals surface area contributed by atoms with Crippen molar-refractivity contribution in [2.24, 2.45) is 11.3 Å². The summed E-state index contributed by atoms with van der Waals surface area (Å²) in [6.07, 6.45) is 0.447. The highest BCUT2D eigenvalue weighted by atomic mass is 19.4. The van der Waals surface area contributed by atoms with E-state index in [-0.39, 0.29) is 17.2 Å². The maximum absolute atomic E-state index is 12.5. The summed E-state index contributed by atoms with van der Waals surface area (Å²) in [4.78, 5) is 5.06. The van der Waals surface area contributed by atoms with E-state index >= 15 is 0 Å². The number of rotatable bonds is 6. The van der Waals surface area contributed by atoms with Crippen LogP contribution in [0.2, 0.25) is 0 Å². The Labute approximate surface area is 199 Å². The van der Waals surface area contributed by atoms with Crippen LogP contribution in [0.3, 0.4) is 0 Å². The molecule has 1 aromatic heterocycles. The third kappa shape index (κ3) is 5.18. The molecule has 0 amide bonds. The number of ether oxygens (including phenoxy) is 1. The molecule has 0 bridgehead atoms. The molecule has 3 aromatic rings. The van der Waals surface area contributed by atoms with Gasteiger partial charge in [-0.25, -0.2) is 4.98 Å². The van der Waals surface area contributed by atoms with E-state index < -0.39 is 6.36 Å². The Balaban J connectivity index is 1.78. The Morgan fingerprint density at radius 2 is 1.76 bits per heavy atom. The molecule has 4 rings (SSSR count). The molecule has 1 saturated carbocycles. The summed E-state index contributed by atoms with van der Waals surface area (Å²) in [5.74, 6) is 1.09. The first-order valence-electron chi connectivity index (χ1n) is 12.1. The highest BCUT2D eigenvalue weighted by Crippen LogP contribution is 2.46. The van der Waals surface area contributed by atoms with Crippen LogP contribution in [0.4, 0.5) is 24.8 Å². The zero-order valence-corrected chi connectivity index (χ0v) is 20.6. The van der Waals surface area contributed by atoms with Gasteiger partial charge in [0.25, 0.3) is 0 Å². The smallest absolute Gasteiger partial charge is 0.406 e. The second-order valence-corrected chi connectivity index (χ2v) is 10.3. The Bertz CT molecular complexity index is 1150. The number of aryl methyl sites for hydroxylation is 2. The molecule has 2 aromatic carbocycles. The third-order valence-electron chi connectivity index (χ3n) is 6.87. The van der Waals surface area contributed by atoms with Crippen LogP contribution in [0.5, 0.6) is 5.75 Å². The van der Waals surface area contributed by atoms with Gasteiger partial charge in [-0.3, -0.25) is 0 Å². The fourth-order valence-electron chi connectivity index (χ4n) is 5.80. The monoisotopic (exact) mass is 473 g/mol. The fourth-order valence-corrected chi connectivity index (χ4v) is 5.80. The summed E-state index contributed by atoms with van der Waals surface area (Å²) >= 11 is 0. The summed E-state index contributed by atoms with van der Waals surface area (Å²) in [6, 6.07) is 10.5. The number of fused-ring (bicyclic) bond motifs is 1. The lowest BCUT2D eigenvalue weighted by Crippen LogP contribution is -2.29. The molecule has 34 heavy (non-hydrogen) atoms. The number of nitrogens with zero attached hydrogens (tertiary/aromatic N) is 2. The summed E-state index contributed by atoms with van der Waals surface area (Å²) in [6.45, 7) is 11.3. The quantitative estimate of drug-likeness (QED) is 0.392. The number of aromatic nitrogens is 2. The van der Waals surface area contributed by atoms with Gasteiger partial charge in [0.1, 0.15) is 5.75 Å². The summed E-state index contributed by atoms with van der Waals surface area (Å²) in [5.41, 5.74) is 5.59. The topological polar surface area (TPSA) is 39.1 Å². The number of benzene rings is 2. The molecule has 0 spiro atoms. The van der Waals surface area contributed by atoms with Crippen LogP contribution in [0.1, 0.15) is 71.0 Å². The molecule has 1 heterocycles. The lowest BCUT2D eigenvalue weighted by Gasteiger charge is -2.40. The van der Waals surface area contributed by atoms with Crippen LogP contribution < -0.4 is 10.1 Å². The molecule has 4 nitrogen and oxygen atoms in total. The van der Waals surface area contributed by atoms with Crippen LogP contribution >= 0.6 is 0 Å². The highest BCUT2D eigenvalue weighted by molar-refractivity contribution is 5.84. The van der Waals surface area contributed by atoms with Crippen molar-refractivity contribution in [1.82, 2.24) is 9.55 Å². The third-order valence-corrected chi connectivity index (χ3v) is 6.87. The average molecular weight is 474 g/mol. The van der Waals surface area contributed by atoms with Crippen LogP contribution in [0, 0.1) is 11.3 Å². The molecule has 1 N–H and O–H groups in total. The van der Waals surface area contributed by atoms with E-state index in [1.54, 1.807) is 12.1 Å².